The Hall–Kier alpha value is -1.31. The van der Waals surface area contributed by atoms with E-state index in [9.17, 15) is 4.79 Å². The molecule has 17 heavy (non-hydrogen) atoms. The van der Waals surface area contributed by atoms with E-state index in [1.54, 1.807) is 0 Å². The molecule has 1 amide bonds. The van der Waals surface area contributed by atoms with Crippen molar-refractivity contribution in [1.82, 2.24) is 0 Å². The number of hydrogen-bond acceptors (Lipinski definition) is 1. The molecule has 2 heteroatoms. The summed E-state index contributed by atoms with van der Waals surface area (Å²) in [7, 11) is 0. The number of anilines is 1. The van der Waals surface area contributed by atoms with Gasteiger partial charge in [0.1, 0.15) is 0 Å². The van der Waals surface area contributed by atoms with E-state index < -0.39 is 0 Å². The van der Waals surface area contributed by atoms with Crippen molar-refractivity contribution >= 4 is 11.6 Å². The summed E-state index contributed by atoms with van der Waals surface area (Å²) >= 11 is 0. The largest absolute Gasteiger partial charge is 0.312 e. The van der Waals surface area contributed by atoms with Crippen LogP contribution in [0, 0.1) is 5.92 Å². The highest BCUT2D eigenvalue weighted by molar-refractivity contribution is 5.93. The van der Waals surface area contributed by atoms with E-state index in [0.717, 1.165) is 25.1 Å². The van der Waals surface area contributed by atoms with Gasteiger partial charge in [0.2, 0.25) is 5.91 Å². The summed E-state index contributed by atoms with van der Waals surface area (Å²) in [4.78, 5) is 14.1. The number of nitrogens with zero attached hydrogens (tertiary/aromatic N) is 1. The summed E-state index contributed by atoms with van der Waals surface area (Å²) in [6.07, 6.45) is 2.79. The SMILES string of the molecule is CCCCN(C(=O)CC(C)C)c1ccccc1. The standard InChI is InChI=1S/C15H23NO/c1-4-5-11-16(15(17)12-13(2)3)14-9-7-6-8-10-14/h6-10,13H,4-5,11-12H2,1-3H3. The van der Waals surface area contributed by atoms with Crippen molar-refractivity contribution in [3.05, 3.63) is 30.3 Å². The van der Waals surface area contributed by atoms with Gasteiger partial charge in [-0.3, -0.25) is 4.79 Å². The Morgan fingerprint density at radius 3 is 2.41 bits per heavy atom. The van der Waals surface area contributed by atoms with Crippen molar-refractivity contribution in [2.45, 2.75) is 40.0 Å². The number of benzene rings is 1. The molecule has 1 aromatic carbocycles. The van der Waals surface area contributed by atoms with Crippen molar-refractivity contribution in [3.63, 3.8) is 0 Å². The number of carbonyl (C=O) groups is 1. The second kappa shape index (κ2) is 7.10. The topological polar surface area (TPSA) is 20.3 Å². The summed E-state index contributed by atoms with van der Waals surface area (Å²) in [5.74, 6) is 0.648. The van der Waals surface area contributed by atoms with Gasteiger partial charge in [-0.15, -0.1) is 0 Å². The number of rotatable bonds is 6. The van der Waals surface area contributed by atoms with Crippen molar-refractivity contribution < 1.29 is 4.79 Å². The Morgan fingerprint density at radius 2 is 1.88 bits per heavy atom. The summed E-state index contributed by atoms with van der Waals surface area (Å²) in [5.41, 5.74) is 1.02. The van der Waals surface area contributed by atoms with Crippen LogP contribution in [0.4, 0.5) is 5.69 Å². The summed E-state index contributed by atoms with van der Waals surface area (Å²) in [6.45, 7) is 7.14. The predicted octanol–water partition coefficient (Wildman–Crippen LogP) is 3.87. The summed E-state index contributed by atoms with van der Waals surface area (Å²) < 4.78 is 0. The lowest BCUT2D eigenvalue weighted by Gasteiger charge is -2.23. The molecule has 0 aliphatic carbocycles. The van der Waals surface area contributed by atoms with Gasteiger partial charge in [0, 0.05) is 18.7 Å². The Bertz CT molecular complexity index is 332. The van der Waals surface area contributed by atoms with Crippen LogP contribution in [0.15, 0.2) is 30.3 Å². The molecule has 0 unspecified atom stereocenters. The number of para-hydroxylation sites is 1. The molecule has 0 fully saturated rings. The third kappa shape index (κ3) is 4.59. The quantitative estimate of drug-likeness (QED) is 0.730. The molecule has 2 nitrogen and oxygen atoms in total. The fourth-order valence-electron chi connectivity index (χ4n) is 1.78. The van der Waals surface area contributed by atoms with Gasteiger partial charge in [-0.1, -0.05) is 45.4 Å². The molecule has 94 valence electrons. The maximum absolute atomic E-state index is 12.2. The van der Waals surface area contributed by atoms with Gasteiger partial charge in [-0.05, 0) is 24.5 Å². The van der Waals surface area contributed by atoms with Crippen molar-refractivity contribution in [2.75, 3.05) is 11.4 Å². The zero-order valence-electron chi connectivity index (χ0n) is 11.1. The number of amides is 1. The molecule has 0 radical (unpaired) electrons. The molecule has 0 aromatic heterocycles. The molecule has 0 aliphatic rings. The van der Waals surface area contributed by atoms with Gasteiger partial charge in [-0.25, -0.2) is 0 Å². The van der Waals surface area contributed by atoms with E-state index in [0.29, 0.717) is 12.3 Å². The molecule has 0 atom stereocenters. The molecule has 0 spiro atoms. The minimum absolute atomic E-state index is 0.236. The lowest BCUT2D eigenvalue weighted by molar-refractivity contribution is -0.119. The van der Waals surface area contributed by atoms with E-state index in [2.05, 4.69) is 20.8 Å². The Morgan fingerprint density at radius 1 is 1.24 bits per heavy atom. The Balaban J connectivity index is 2.76. The molecule has 0 saturated carbocycles. The van der Waals surface area contributed by atoms with Gasteiger partial charge < -0.3 is 4.90 Å². The average molecular weight is 233 g/mol. The summed E-state index contributed by atoms with van der Waals surface area (Å²) in [6, 6.07) is 9.96. The fourth-order valence-corrected chi connectivity index (χ4v) is 1.78. The monoisotopic (exact) mass is 233 g/mol. The first kappa shape index (κ1) is 13.8. The number of carbonyl (C=O) groups excluding carboxylic acids is 1. The van der Waals surface area contributed by atoms with E-state index in [4.69, 9.17) is 0 Å². The van der Waals surface area contributed by atoms with Crippen molar-refractivity contribution in [1.29, 1.82) is 0 Å². The van der Waals surface area contributed by atoms with E-state index in [-0.39, 0.29) is 5.91 Å². The minimum atomic E-state index is 0.236. The van der Waals surface area contributed by atoms with E-state index in [1.165, 1.54) is 0 Å². The predicted molar refractivity (Wildman–Crippen MR) is 73.2 cm³/mol. The first-order chi connectivity index (χ1) is 8.15. The molecular formula is C15H23NO. The molecule has 0 bridgehead atoms. The van der Waals surface area contributed by atoms with Crippen molar-refractivity contribution in [3.8, 4) is 0 Å². The highest BCUT2D eigenvalue weighted by atomic mass is 16.2. The third-order valence-electron chi connectivity index (χ3n) is 2.69. The maximum atomic E-state index is 12.2. The molecule has 0 saturated heterocycles. The number of unbranched alkanes of at least 4 members (excludes halogenated alkanes) is 1. The van der Waals surface area contributed by atoms with Crippen LogP contribution in [0.2, 0.25) is 0 Å². The van der Waals surface area contributed by atoms with Crippen LogP contribution >= 0.6 is 0 Å². The smallest absolute Gasteiger partial charge is 0.227 e. The van der Waals surface area contributed by atoms with Crippen LogP contribution < -0.4 is 4.90 Å². The van der Waals surface area contributed by atoms with E-state index >= 15 is 0 Å². The van der Waals surface area contributed by atoms with Crippen LogP contribution in [0.1, 0.15) is 40.0 Å². The van der Waals surface area contributed by atoms with E-state index in [1.807, 2.05) is 35.2 Å². The van der Waals surface area contributed by atoms with Gasteiger partial charge in [0.15, 0.2) is 0 Å². The zero-order valence-corrected chi connectivity index (χ0v) is 11.1. The number of hydrogen-bond donors (Lipinski definition) is 0. The van der Waals surface area contributed by atoms with Gasteiger partial charge in [0.25, 0.3) is 0 Å². The van der Waals surface area contributed by atoms with Crippen LogP contribution in [-0.2, 0) is 4.79 Å². The second-order valence-electron chi connectivity index (χ2n) is 4.83. The second-order valence-corrected chi connectivity index (χ2v) is 4.83. The summed E-state index contributed by atoms with van der Waals surface area (Å²) in [5, 5.41) is 0. The Labute approximate surface area is 105 Å². The highest BCUT2D eigenvalue weighted by Crippen LogP contribution is 2.17. The molecule has 0 N–H and O–H groups in total. The first-order valence-corrected chi connectivity index (χ1v) is 6.50. The third-order valence-corrected chi connectivity index (χ3v) is 2.69. The maximum Gasteiger partial charge on any atom is 0.227 e. The van der Waals surface area contributed by atoms with Crippen molar-refractivity contribution in [2.24, 2.45) is 5.92 Å². The molecule has 1 rings (SSSR count). The fraction of sp³-hybridized carbons (Fsp3) is 0.533. The molecule has 1 aromatic rings. The van der Waals surface area contributed by atoms with Crippen LogP contribution in [-0.4, -0.2) is 12.5 Å². The lowest BCUT2D eigenvalue weighted by Crippen LogP contribution is -2.32. The average Bonchev–Trinajstić information content (AvgIpc) is 2.30. The van der Waals surface area contributed by atoms with Crippen LogP contribution in [0.5, 0.6) is 0 Å². The highest BCUT2D eigenvalue weighted by Gasteiger charge is 2.15. The minimum Gasteiger partial charge on any atom is -0.312 e. The van der Waals surface area contributed by atoms with Gasteiger partial charge in [-0.2, -0.15) is 0 Å². The molecule has 0 heterocycles. The lowest BCUT2D eigenvalue weighted by atomic mass is 10.1. The molecule has 0 aliphatic heterocycles. The normalized spacial score (nSPS) is 10.6. The first-order valence-electron chi connectivity index (χ1n) is 6.50. The van der Waals surface area contributed by atoms with Gasteiger partial charge in [0.05, 0.1) is 0 Å². The van der Waals surface area contributed by atoms with Crippen LogP contribution in [0.25, 0.3) is 0 Å². The zero-order chi connectivity index (χ0) is 12.7. The Kier molecular flexibility index (Phi) is 5.75. The van der Waals surface area contributed by atoms with Crippen LogP contribution in [0.3, 0.4) is 0 Å². The molecular weight excluding hydrogens is 210 g/mol. The van der Waals surface area contributed by atoms with Gasteiger partial charge >= 0.3 is 0 Å².